The molecule has 0 aromatic heterocycles. The predicted molar refractivity (Wildman–Crippen MR) is 57.6 cm³/mol. The minimum absolute atomic E-state index is 0.0973. The zero-order chi connectivity index (χ0) is 13.9. The van der Waals surface area contributed by atoms with Crippen LogP contribution >= 0.6 is 0 Å². The molecule has 1 rings (SSSR count). The number of benzene rings is 1. The van der Waals surface area contributed by atoms with Crippen molar-refractivity contribution in [3.8, 4) is 5.75 Å². The normalized spacial score (nSPS) is 11.7. The summed E-state index contributed by atoms with van der Waals surface area (Å²) in [5, 5.41) is 0. The molecule has 0 fully saturated rings. The Kier molecular flexibility index (Phi) is 4.32. The molecule has 18 heavy (non-hydrogen) atoms. The lowest BCUT2D eigenvalue weighted by molar-refractivity contribution is -0.148. The molecule has 0 atom stereocenters. The summed E-state index contributed by atoms with van der Waals surface area (Å²) in [6.45, 7) is 1.49. The van der Waals surface area contributed by atoms with Crippen molar-refractivity contribution >= 4 is 5.78 Å². The van der Waals surface area contributed by atoms with E-state index >= 15 is 0 Å². The van der Waals surface area contributed by atoms with E-state index in [9.17, 15) is 22.4 Å². The van der Waals surface area contributed by atoms with E-state index in [1.807, 2.05) is 0 Å². The van der Waals surface area contributed by atoms with E-state index in [1.165, 1.54) is 19.1 Å². The largest absolute Gasteiger partial charge is 0.486 e. The third-order valence-electron chi connectivity index (χ3n) is 2.25. The Hall–Kier alpha value is -1.59. The van der Waals surface area contributed by atoms with Crippen LogP contribution in [0.25, 0.3) is 0 Å². The Morgan fingerprint density at radius 2 is 2.00 bits per heavy atom. The summed E-state index contributed by atoms with van der Waals surface area (Å²) < 4.78 is 53.9. The number of carbonyl (C=O) groups excluding carboxylic acids is 1. The van der Waals surface area contributed by atoms with Gasteiger partial charge in [0.15, 0.2) is 12.4 Å². The van der Waals surface area contributed by atoms with Crippen LogP contribution in [0, 0.1) is 6.92 Å². The van der Waals surface area contributed by atoms with E-state index in [2.05, 4.69) is 4.74 Å². The van der Waals surface area contributed by atoms with Crippen LogP contribution in [0.1, 0.15) is 22.8 Å². The second-order valence-corrected chi connectivity index (χ2v) is 3.91. The molecule has 0 unspecified atom stereocenters. The molecular formula is C12H12F4O2. The quantitative estimate of drug-likeness (QED) is 0.601. The van der Waals surface area contributed by atoms with Crippen molar-refractivity contribution in [1.82, 2.24) is 0 Å². The number of rotatable bonds is 5. The molecule has 0 saturated carbocycles. The Morgan fingerprint density at radius 3 is 2.50 bits per heavy atom. The number of alkyl halides is 4. The molecule has 0 radical (unpaired) electrons. The van der Waals surface area contributed by atoms with Crippen LogP contribution in [0.15, 0.2) is 18.2 Å². The van der Waals surface area contributed by atoms with Gasteiger partial charge in [0, 0.05) is 0 Å². The Balaban J connectivity index is 2.89. The molecule has 6 heteroatoms. The summed E-state index contributed by atoms with van der Waals surface area (Å²) in [5.74, 6) is -4.73. The number of hydrogen-bond donors (Lipinski definition) is 0. The number of Topliss-reactive ketones (excluding diaryl/α,β-unsaturated/α-hetero) is 1. The average molecular weight is 264 g/mol. The number of halogens is 4. The van der Waals surface area contributed by atoms with Crippen LogP contribution < -0.4 is 4.74 Å². The summed E-state index contributed by atoms with van der Waals surface area (Å²) in [4.78, 5) is 11.3. The number of ether oxygens (including phenoxy) is 1. The third-order valence-corrected chi connectivity index (χ3v) is 2.25. The van der Waals surface area contributed by atoms with Crippen molar-refractivity contribution in [2.24, 2.45) is 0 Å². The van der Waals surface area contributed by atoms with Gasteiger partial charge in [-0.25, -0.2) is 8.78 Å². The summed E-state index contributed by atoms with van der Waals surface area (Å²) in [6.07, 6.45) is -3.80. The van der Waals surface area contributed by atoms with E-state index < -0.39 is 19.0 Å². The molecule has 100 valence electrons. The molecule has 0 saturated heterocycles. The molecular weight excluding hydrogens is 252 g/mol. The highest BCUT2D eigenvalue weighted by Gasteiger charge is 2.41. The van der Waals surface area contributed by atoms with Crippen LogP contribution in [-0.4, -0.2) is 24.7 Å². The molecule has 0 bridgehead atoms. The molecule has 0 N–H and O–H groups in total. The monoisotopic (exact) mass is 264 g/mol. The number of carbonyl (C=O) groups is 1. The van der Waals surface area contributed by atoms with E-state index in [1.54, 1.807) is 13.0 Å². The SMILES string of the molecule is CC(=O)c1cc(C)ccc1OCC(F)(F)C(F)F. The predicted octanol–water partition coefficient (Wildman–Crippen LogP) is 3.48. The highest BCUT2D eigenvalue weighted by Crippen LogP contribution is 2.26. The van der Waals surface area contributed by atoms with Crippen LogP contribution in [0.4, 0.5) is 17.6 Å². The van der Waals surface area contributed by atoms with Crippen LogP contribution in [0.5, 0.6) is 5.75 Å². The summed E-state index contributed by atoms with van der Waals surface area (Å²) in [5.41, 5.74) is 0.841. The van der Waals surface area contributed by atoms with Gasteiger partial charge in [0.2, 0.25) is 0 Å². The van der Waals surface area contributed by atoms with E-state index in [-0.39, 0.29) is 17.1 Å². The number of hydrogen-bond acceptors (Lipinski definition) is 2. The first-order chi connectivity index (χ1) is 8.24. The third kappa shape index (κ3) is 3.45. The Bertz CT molecular complexity index is 444. The first-order valence-electron chi connectivity index (χ1n) is 5.14. The van der Waals surface area contributed by atoms with Crippen molar-refractivity contribution in [1.29, 1.82) is 0 Å². The fourth-order valence-corrected chi connectivity index (χ4v) is 1.28. The minimum Gasteiger partial charge on any atom is -0.486 e. The first kappa shape index (κ1) is 14.5. The van der Waals surface area contributed by atoms with Crippen molar-refractivity contribution in [3.63, 3.8) is 0 Å². The second-order valence-electron chi connectivity index (χ2n) is 3.91. The maximum absolute atomic E-state index is 12.7. The van der Waals surface area contributed by atoms with Gasteiger partial charge in [-0.05, 0) is 26.0 Å². The van der Waals surface area contributed by atoms with Gasteiger partial charge in [0.05, 0.1) is 5.56 Å². The van der Waals surface area contributed by atoms with Gasteiger partial charge in [0.1, 0.15) is 5.75 Å². The highest BCUT2D eigenvalue weighted by molar-refractivity contribution is 5.97. The summed E-state index contributed by atoms with van der Waals surface area (Å²) in [6, 6.07) is 4.31. The average Bonchev–Trinajstić information content (AvgIpc) is 2.27. The smallest absolute Gasteiger partial charge is 0.340 e. The highest BCUT2D eigenvalue weighted by atomic mass is 19.3. The Morgan fingerprint density at radius 1 is 1.39 bits per heavy atom. The standard InChI is InChI=1S/C12H12F4O2/c1-7-3-4-10(9(5-7)8(2)17)18-6-12(15,16)11(13)14/h3-5,11H,6H2,1-2H3. The van der Waals surface area contributed by atoms with Gasteiger partial charge < -0.3 is 4.74 Å². The van der Waals surface area contributed by atoms with Gasteiger partial charge >= 0.3 is 12.3 Å². The lowest BCUT2D eigenvalue weighted by atomic mass is 10.1. The molecule has 0 spiro atoms. The molecule has 0 aliphatic rings. The van der Waals surface area contributed by atoms with Crippen molar-refractivity contribution in [2.75, 3.05) is 6.61 Å². The summed E-state index contributed by atoms with van der Waals surface area (Å²) in [7, 11) is 0. The lowest BCUT2D eigenvalue weighted by Gasteiger charge is -2.17. The molecule has 2 nitrogen and oxygen atoms in total. The van der Waals surface area contributed by atoms with E-state index in [0.717, 1.165) is 5.56 Å². The number of ketones is 1. The molecule has 0 aliphatic carbocycles. The second kappa shape index (κ2) is 5.37. The molecule has 1 aromatic rings. The van der Waals surface area contributed by atoms with Gasteiger partial charge in [-0.15, -0.1) is 0 Å². The van der Waals surface area contributed by atoms with Crippen molar-refractivity contribution in [2.45, 2.75) is 26.2 Å². The zero-order valence-corrected chi connectivity index (χ0v) is 9.84. The van der Waals surface area contributed by atoms with E-state index in [0.29, 0.717) is 0 Å². The maximum Gasteiger partial charge on any atom is 0.340 e. The first-order valence-corrected chi connectivity index (χ1v) is 5.14. The fourth-order valence-electron chi connectivity index (χ4n) is 1.28. The fraction of sp³-hybridized carbons (Fsp3) is 0.417. The zero-order valence-electron chi connectivity index (χ0n) is 9.84. The lowest BCUT2D eigenvalue weighted by Crippen LogP contribution is -2.34. The maximum atomic E-state index is 12.7. The van der Waals surface area contributed by atoms with Crippen LogP contribution in [-0.2, 0) is 0 Å². The van der Waals surface area contributed by atoms with Gasteiger partial charge in [-0.3, -0.25) is 4.79 Å². The topological polar surface area (TPSA) is 26.3 Å². The van der Waals surface area contributed by atoms with E-state index in [4.69, 9.17) is 0 Å². The Labute approximate surface area is 102 Å². The van der Waals surface area contributed by atoms with Gasteiger partial charge in [-0.2, -0.15) is 8.78 Å². The molecule has 0 amide bonds. The number of aryl methyl sites for hydroxylation is 1. The molecule has 0 heterocycles. The van der Waals surface area contributed by atoms with Crippen molar-refractivity contribution in [3.05, 3.63) is 29.3 Å². The molecule has 1 aromatic carbocycles. The van der Waals surface area contributed by atoms with Crippen LogP contribution in [0.2, 0.25) is 0 Å². The van der Waals surface area contributed by atoms with Crippen LogP contribution in [0.3, 0.4) is 0 Å². The molecule has 0 aliphatic heterocycles. The summed E-state index contributed by atoms with van der Waals surface area (Å²) >= 11 is 0. The van der Waals surface area contributed by atoms with Crippen molar-refractivity contribution < 1.29 is 27.1 Å². The van der Waals surface area contributed by atoms with Gasteiger partial charge in [-0.1, -0.05) is 11.6 Å². The van der Waals surface area contributed by atoms with Gasteiger partial charge in [0.25, 0.3) is 0 Å². The minimum atomic E-state index is -4.24.